The summed E-state index contributed by atoms with van der Waals surface area (Å²) < 4.78 is 0. The van der Waals surface area contributed by atoms with E-state index in [9.17, 15) is 14.9 Å². The highest BCUT2D eigenvalue weighted by atomic mass is 32.2. The number of amides is 1. The maximum atomic E-state index is 12.1. The number of nitrogens with zero attached hydrogens (tertiary/aromatic N) is 3. The first kappa shape index (κ1) is 17.8. The third kappa shape index (κ3) is 4.54. The van der Waals surface area contributed by atoms with Gasteiger partial charge in [-0.3, -0.25) is 14.9 Å². The van der Waals surface area contributed by atoms with Gasteiger partial charge in [-0.25, -0.2) is 0 Å². The zero-order valence-electron chi connectivity index (χ0n) is 14.0. The van der Waals surface area contributed by atoms with Crippen LogP contribution in [0.4, 0.5) is 5.69 Å². The SMILES string of the molecule is Cc1ccc(C[C@H]2S/C(=N/N=C\c3cccc([N+](=O)[O-])c3)NC2=O)cc1. The van der Waals surface area contributed by atoms with Gasteiger partial charge in [0.2, 0.25) is 5.91 Å². The first-order chi connectivity index (χ1) is 12.5. The molecule has 132 valence electrons. The Hall–Kier alpha value is -3.00. The molecule has 1 N–H and O–H groups in total. The van der Waals surface area contributed by atoms with E-state index in [1.165, 1.54) is 35.7 Å². The lowest BCUT2D eigenvalue weighted by atomic mass is 10.1. The lowest BCUT2D eigenvalue weighted by molar-refractivity contribution is -0.384. The van der Waals surface area contributed by atoms with Crippen molar-refractivity contribution in [3.63, 3.8) is 0 Å². The summed E-state index contributed by atoms with van der Waals surface area (Å²) in [6, 6.07) is 14.2. The molecule has 1 aliphatic rings. The Morgan fingerprint density at radius 3 is 2.77 bits per heavy atom. The quantitative estimate of drug-likeness (QED) is 0.498. The molecule has 1 fully saturated rings. The average Bonchev–Trinajstić information content (AvgIpc) is 2.97. The molecule has 0 spiro atoms. The molecule has 8 heteroatoms. The van der Waals surface area contributed by atoms with Crippen molar-refractivity contribution in [2.75, 3.05) is 0 Å². The summed E-state index contributed by atoms with van der Waals surface area (Å²) in [5.74, 6) is -0.0973. The topological polar surface area (TPSA) is 97.0 Å². The highest BCUT2D eigenvalue weighted by Gasteiger charge is 2.30. The van der Waals surface area contributed by atoms with Crippen LogP contribution >= 0.6 is 11.8 Å². The summed E-state index contributed by atoms with van der Waals surface area (Å²) in [4.78, 5) is 22.4. The fraction of sp³-hybridized carbons (Fsp3) is 0.167. The van der Waals surface area contributed by atoms with Crippen LogP contribution in [0.3, 0.4) is 0 Å². The largest absolute Gasteiger partial charge is 0.303 e. The molecule has 1 amide bonds. The number of rotatable bonds is 5. The van der Waals surface area contributed by atoms with E-state index in [2.05, 4.69) is 15.5 Å². The number of nitro groups is 1. The normalized spacial score (nSPS) is 18.4. The third-order valence-corrected chi connectivity index (χ3v) is 4.83. The van der Waals surface area contributed by atoms with Crippen LogP contribution in [0.15, 0.2) is 58.7 Å². The molecule has 1 aliphatic heterocycles. The van der Waals surface area contributed by atoms with E-state index in [1.54, 1.807) is 12.1 Å². The number of nitro benzene ring substituents is 1. The highest BCUT2D eigenvalue weighted by Crippen LogP contribution is 2.23. The molecule has 2 aromatic carbocycles. The van der Waals surface area contributed by atoms with Gasteiger partial charge in [0.1, 0.15) is 0 Å². The number of benzene rings is 2. The minimum Gasteiger partial charge on any atom is -0.303 e. The van der Waals surface area contributed by atoms with Gasteiger partial charge in [-0.15, -0.1) is 5.10 Å². The fourth-order valence-corrected chi connectivity index (χ4v) is 3.36. The number of amidine groups is 1. The van der Waals surface area contributed by atoms with Gasteiger partial charge < -0.3 is 5.32 Å². The van der Waals surface area contributed by atoms with Gasteiger partial charge in [-0.2, -0.15) is 5.10 Å². The number of non-ortho nitro benzene ring substituents is 1. The van der Waals surface area contributed by atoms with E-state index in [1.807, 2.05) is 31.2 Å². The molecule has 0 radical (unpaired) electrons. The van der Waals surface area contributed by atoms with Crippen molar-refractivity contribution in [1.82, 2.24) is 5.32 Å². The summed E-state index contributed by atoms with van der Waals surface area (Å²) in [5.41, 5.74) is 2.82. The average molecular weight is 368 g/mol. The molecular weight excluding hydrogens is 352 g/mol. The second kappa shape index (κ2) is 7.92. The summed E-state index contributed by atoms with van der Waals surface area (Å²) in [6.45, 7) is 2.02. The zero-order valence-corrected chi connectivity index (χ0v) is 14.8. The van der Waals surface area contributed by atoms with Gasteiger partial charge >= 0.3 is 0 Å². The van der Waals surface area contributed by atoms with Crippen LogP contribution in [0, 0.1) is 17.0 Å². The first-order valence-corrected chi connectivity index (χ1v) is 8.78. The van der Waals surface area contributed by atoms with Crippen molar-refractivity contribution in [1.29, 1.82) is 0 Å². The molecule has 1 atom stereocenters. The Morgan fingerprint density at radius 2 is 2.04 bits per heavy atom. The first-order valence-electron chi connectivity index (χ1n) is 7.90. The van der Waals surface area contributed by atoms with E-state index < -0.39 is 4.92 Å². The highest BCUT2D eigenvalue weighted by molar-refractivity contribution is 8.15. The lowest BCUT2D eigenvalue weighted by Gasteiger charge is -2.05. The number of hydrogen-bond acceptors (Lipinski definition) is 6. The predicted molar refractivity (Wildman–Crippen MR) is 103 cm³/mol. The lowest BCUT2D eigenvalue weighted by Crippen LogP contribution is -2.25. The van der Waals surface area contributed by atoms with Gasteiger partial charge in [0.05, 0.1) is 16.4 Å². The summed E-state index contributed by atoms with van der Waals surface area (Å²) in [5, 5.41) is 21.6. The Morgan fingerprint density at radius 1 is 1.27 bits per heavy atom. The van der Waals surface area contributed by atoms with Gasteiger partial charge in [0, 0.05) is 17.7 Å². The minimum atomic E-state index is -0.466. The molecule has 0 unspecified atom stereocenters. The molecule has 1 saturated heterocycles. The summed E-state index contributed by atoms with van der Waals surface area (Å²) >= 11 is 1.33. The van der Waals surface area contributed by atoms with Crippen molar-refractivity contribution < 1.29 is 9.72 Å². The van der Waals surface area contributed by atoms with Crippen molar-refractivity contribution in [2.45, 2.75) is 18.6 Å². The number of aryl methyl sites for hydroxylation is 1. The maximum Gasteiger partial charge on any atom is 0.270 e. The predicted octanol–water partition coefficient (Wildman–Crippen LogP) is 3.07. The second-order valence-corrected chi connectivity index (χ2v) is 6.98. The standard InChI is InChI=1S/C18H16N4O3S/c1-12-5-7-13(8-6-12)10-16-17(23)20-18(26-16)21-19-11-14-3-2-4-15(9-14)22(24)25/h2-9,11,16H,10H2,1H3,(H,20,21,23)/b19-11-/t16-/m1/s1. The summed E-state index contributed by atoms with van der Waals surface area (Å²) in [7, 11) is 0. The smallest absolute Gasteiger partial charge is 0.270 e. The van der Waals surface area contributed by atoms with Crippen molar-refractivity contribution >= 4 is 34.7 Å². The van der Waals surface area contributed by atoms with Crippen LogP contribution in [0.1, 0.15) is 16.7 Å². The molecular formula is C18H16N4O3S. The molecule has 7 nitrogen and oxygen atoms in total. The Kier molecular flexibility index (Phi) is 5.43. The van der Waals surface area contributed by atoms with Gasteiger partial charge in [-0.05, 0) is 18.9 Å². The van der Waals surface area contributed by atoms with Crippen LogP contribution in [-0.2, 0) is 11.2 Å². The second-order valence-electron chi connectivity index (χ2n) is 5.79. The third-order valence-electron chi connectivity index (χ3n) is 3.75. The van der Waals surface area contributed by atoms with E-state index >= 15 is 0 Å². The van der Waals surface area contributed by atoms with Crippen LogP contribution in [0.25, 0.3) is 0 Å². The fourth-order valence-electron chi connectivity index (χ4n) is 2.39. The number of carbonyl (C=O) groups excluding carboxylic acids is 1. The number of carbonyl (C=O) groups is 1. The maximum absolute atomic E-state index is 12.1. The molecule has 0 aromatic heterocycles. The minimum absolute atomic E-state index is 0.0108. The van der Waals surface area contributed by atoms with E-state index in [0.717, 1.165) is 5.56 Å². The van der Waals surface area contributed by atoms with Gasteiger partial charge in [0.25, 0.3) is 5.69 Å². The van der Waals surface area contributed by atoms with E-state index in [4.69, 9.17) is 0 Å². The number of hydrogen-bond donors (Lipinski definition) is 1. The zero-order chi connectivity index (χ0) is 18.5. The molecule has 0 aliphatic carbocycles. The van der Waals surface area contributed by atoms with Crippen molar-refractivity contribution in [2.24, 2.45) is 10.2 Å². The Bertz CT molecular complexity index is 894. The Balaban J connectivity index is 1.63. The molecule has 26 heavy (non-hydrogen) atoms. The molecule has 0 saturated carbocycles. The van der Waals surface area contributed by atoms with E-state index in [-0.39, 0.29) is 16.8 Å². The van der Waals surface area contributed by atoms with Crippen LogP contribution < -0.4 is 5.32 Å². The summed E-state index contributed by atoms with van der Waals surface area (Å²) in [6.07, 6.45) is 2.03. The molecule has 0 bridgehead atoms. The molecule has 1 heterocycles. The van der Waals surface area contributed by atoms with Crippen molar-refractivity contribution in [3.05, 3.63) is 75.3 Å². The van der Waals surface area contributed by atoms with Crippen LogP contribution in [0.5, 0.6) is 0 Å². The number of nitrogens with one attached hydrogen (secondary N) is 1. The Labute approximate surface area is 154 Å². The van der Waals surface area contributed by atoms with Crippen LogP contribution in [-0.4, -0.2) is 27.5 Å². The van der Waals surface area contributed by atoms with Gasteiger partial charge in [-0.1, -0.05) is 53.7 Å². The van der Waals surface area contributed by atoms with Crippen LogP contribution in [0.2, 0.25) is 0 Å². The van der Waals surface area contributed by atoms with Gasteiger partial charge in [0.15, 0.2) is 5.17 Å². The molecule has 3 rings (SSSR count). The van der Waals surface area contributed by atoms with Crippen molar-refractivity contribution in [3.8, 4) is 0 Å². The number of thioether (sulfide) groups is 1. The monoisotopic (exact) mass is 368 g/mol. The van der Waals surface area contributed by atoms with E-state index in [0.29, 0.717) is 17.2 Å². The molecule has 2 aromatic rings.